The van der Waals surface area contributed by atoms with Gasteiger partial charge in [-0.25, -0.2) is 4.79 Å². The van der Waals surface area contributed by atoms with E-state index in [9.17, 15) is 4.79 Å². The number of benzene rings is 1. The largest absolute Gasteiger partial charge is 0.456 e. The number of esters is 1. The van der Waals surface area contributed by atoms with E-state index >= 15 is 0 Å². The molecule has 0 unspecified atom stereocenters. The summed E-state index contributed by atoms with van der Waals surface area (Å²) < 4.78 is 9.13. The van der Waals surface area contributed by atoms with E-state index in [2.05, 4.69) is 14.6 Å². The van der Waals surface area contributed by atoms with E-state index in [0.717, 1.165) is 22.7 Å². The molecular formula is C15H10ClN3O2S. The van der Waals surface area contributed by atoms with Crippen molar-refractivity contribution in [2.45, 2.75) is 6.61 Å². The highest BCUT2D eigenvalue weighted by Crippen LogP contribution is 2.24. The van der Waals surface area contributed by atoms with Gasteiger partial charge in [-0.1, -0.05) is 34.3 Å². The van der Waals surface area contributed by atoms with Crippen molar-refractivity contribution in [3.05, 3.63) is 64.3 Å². The van der Waals surface area contributed by atoms with Gasteiger partial charge in [0.1, 0.15) is 12.3 Å². The number of halogens is 1. The van der Waals surface area contributed by atoms with Crippen molar-refractivity contribution in [2.75, 3.05) is 0 Å². The second-order valence-electron chi connectivity index (χ2n) is 4.36. The predicted molar refractivity (Wildman–Crippen MR) is 83.7 cm³/mol. The maximum Gasteiger partial charge on any atom is 0.352 e. The van der Waals surface area contributed by atoms with Crippen LogP contribution in [-0.2, 0) is 11.3 Å². The number of pyridine rings is 1. The third-order valence-corrected chi connectivity index (χ3v) is 4.00. The topological polar surface area (TPSA) is 65.0 Å². The number of carbonyl (C=O) groups excluding carboxylic acids is 1. The molecule has 0 saturated heterocycles. The molecule has 0 aliphatic carbocycles. The van der Waals surface area contributed by atoms with Crippen LogP contribution in [0.4, 0.5) is 0 Å². The Morgan fingerprint density at radius 3 is 2.86 bits per heavy atom. The smallest absolute Gasteiger partial charge is 0.352 e. The Balaban J connectivity index is 1.77. The minimum Gasteiger partial charge on any atom is -0.456 e. The number of carbonyl (C=O) groups is 1. The summed E-state index contributed by atoms with van der Waals surface area (Å²) in [6.07, 6.45) is 3.28. The molecule has 5 nitrogen and oxygen atoms in total. The van der Waals surface area contributed by atoms with E-state index < -0.39 is 5.97 Å². The average Bonchev–Trinajstić information content (AvgIpc) is 3.04. The standard InChI is InChI=1S/C15H10ClN3O2S/c16-12-6-2-1-4-11(12)9-21-15(20)14-13(18-19-22-14)10-5-3-7-17-8-10/h1-8H,9H2. The third-order valence-electron chi connectivity index (χ3n) is 2.92. The lowest BCUT2D eigenvalue weighted by Gasteiger charge is -2.06. The summed E-state index contributed by atoms with van der Waals surface area (Å²) in [4.78, 5) is 16.6. The van der Waals surface area contributed by atoms with Crippen molar-refractivity contribution in [2.24, 2.45) is 0 Å². The van der Waals surface area contributed by atoms with E-state index in [4.69, 9.17) is 16.3 Å². The first-order valence-electron chi connectivity index (χ1n) is 6.39. The van der Waals surface area contributed by atoms with Crippen LogP contribution in [0.2, 0.25) is 5.02 Å². The molecule has 0 atom stereocenters. The Kier molecular flexibility index (Phi) is 4.41. The van der Waals surface area contributed by atoms with Gasteiger partial charge in [-0.15, -0.1) is 5.10 Å². The van der Waals surface area contributed by atoms with Crippen LogP contribution in [0, 0.1) is 0 Å². The highest BCUT2D eigenvalue weighted by atomic mass is 35.5. The van der Waals surface area contributed by atoms with Crippen LogP contribution in [-0.4, -0.2) is 20.5 Å². The van der Waals surface area contributed by atoms with Gasteiger partial charge in [0, 0.05) is 28.5 Å². The summed E-state index contributed by atoms with van der Waals surface area (Å²) in [5.74, 6) is -0.478. The van der Waals surface area contributed by atoms with E-state index in [1.54, 1.807) is 24.5 Å². The van der Waals surface area contributed by atoms with Gasteiger partial charge in [0.2, 0.25) is 0 Å². The van der Waals surface area contributed by atoms with Crippen molar-refractivity contribution >= 4 is 29.1 Å². The average molecular weight is 332 g/mol. The predicted octanol–water partition coefficient (Wildman–Crippen LogP) is 3.61. The molecule has 22 heavy (non-hydrogen) atoms. The lowest BCUT2D eigenvalue weighted by atomic mass is 10.2. The van der Waals surface area contributed by atoms with Crippen LogP contribution >= 0.6 is 23.1 Å². The Morgan fingerprint density at radius 1 is 1.23 bits per heavy atom. The zero-order chi connectivity index (χ0) is 15.4. The molecule has 0 saturated carbocycles. The first-order chi connectivity index (χ1) is 10.8. The highest BCUT2D eigenvalue weighted by Gasteiger charge is 2.19. The molecule has 0 fully saturated rings. The molecule has 2 heterocycles. The van der Waals surface area contributed by atoms with Crippen molar-refractivity contribution in [1.29, 1.82) is 0 Å². The summed E-state index contributed by atoms with van der Waals surface area (Å²) in [5.41, 5.74) is 1.95. The van der Waals surface area contributed by atoms with Gasteiger partial charge in [-0.05, 0) is 29.7 Å². The van der Waals surface area contributed by atoms with Crippen LogP contribution in [0.25, 0.3) is 11.3 Å². The Bertz CT molecular complexity index is 792. The van der Waals surface area contributed by atoms with Gasteiger partial charge < -0.3 is 4.74 Å². The molecule has 1 aromatic carbocycles. The Morgan fingerprint density at radius 2 is 2.09 bits per heavy atom. The minimum absolute atomic E-state index is 0.100. The maximum absolute atomic E-state index is 12.2. The highest BCUT2D eigenvalue weighted by molar-refractivity contribution is 7.08. The molecule has 2 aromatic heterocycles. The van der Waals surface area contributed by atoms with Gasteiger partial charge in [-0.2, -0.15) is 0 Å². The zero-order valence-electron chi connectivity index (χ0n) is 11.3. The lowest BCUT2D eigenvalue weighted by molar-refractivity contribution is 0.0479. The molecule has 110 valence electrons. The first kappa shape index (κ1) is 14.6. The Hall–Kier alpha value is -2.31. The molecular weight excluding hydrogens is 322 g/mol. The molecule has 0 bridgehead atoms. The summed E-state index contributed by atoms with van der Waals surface area (Å²) >= 11 is 7.03. The van der Waals surface area contributed by atoms with Gasteiger partial charge in [0.15, 0.2) is 4.88 Å². The van der Waals surface area contributed by atoms with Crippen LogP contribution in [0.15, 0.2) is 48.8 Å². The fourth-order valence-electron chi connectivity index (χ4n) is 1.84. The molecule has 3 rings (SSSR count). The van der Waals surface area contributed by atoms with Crippen LogP contribution < -0.4 is 0 Å². The molecule has 0 aliphatic heterocycles. The quantitative estimate of drug-likeness (QED) is 0.683. The molecule has 7 heteroatoms. The summed E-state index contributed by atoms with van der Waals surface area (Å²) in [6, 6.07) is 10.8. The molecule has 3 aromatic rings. The van der Waals surface area contributed by atoms with Crippen LogP contribution in [0.5, 0.6) is 0 Å². The molecule has 0 spiro atoms. The van der Waals surface area contributed by atoms with E-state index in [1.165, 1.54) is 0 Å². The summed E-state index contributed by atoms with van der Waals surface area (Å²) in [5, 5.41) is 4.54. The summed E-state index contributed by atoms with van der Waals surface area (Å²) in [6.45, 7) is 0.100. The lowest BCUT2D eigenvalue weighted by Crippen LogP contribution is -2.05. The number of hydrogen-bond acceptors (Lipinski definition) is 6. The van der Waals surface area contributed by atoms with Gasteiger partial charge in [-0.3, -0.25) is 4.98 Å². The van der Waals surface area contributed by atoms with Crippen molar-refractivity contribution < 1.29 is 9.53 Å². The van der Waals surface area contributed by atoms with Crippen molar-refractivity contribution in [3.8, 4) is 11.3 Å². The second-order valence-corrected chi connectivity index (χ2v) is 5.52. The number of hydrogen-bond donors (Lipinski definition) is 0. The SMILES string of the molecule is O=C(OCc1ccccc1Cl)c1snnc1-c1cccnc1. The number of rotatable bonds is 4. The maximum atomic E-state index is 12.2. The Labute approximate surface area is 135 Å². The number of nitrogens with zero attached hydrogens (tertiary/aromatic N) is 3. The fourth-order valence-corrected chi connectivity index (χ4v) is 2.61. The molecule has 0 amide bonds. The monoisotopic (exact) mass is 331 g/mol. The van der Waals surface area contributed by atoms with Crippen molar-refractivity contribution in [1.82, 2.24) is 14.6 Å². The number of aromatic nitrogens is 3. The molecule has 0 N–H and O–H groups in total. The van der Waals surface area contributed by atoms with Crippen LogP contribution in [0.1, 0.15) is 15.2 Å². The van der Waals surface area contributed by atoms with Gasteiger partial charge in [0.25, 0.3) is 0 Å². The number of ether oxygens (including phenoxy) is 1. The third kappa shape index (κ3) is 3.13. The van der Waals surface area contributed by atoms with Gasteiger partial charge >= 0.3 is 5.97 Å². The second kappa shape index (κ2) is 6.64. The molecule has 0 radical (unpaired) electrons. The molecule has 0 aliphatic rings. The zero-order valence-corrected chi connectivity index (χ0v) is 12.8. The first-order valence-corrected chi connectivity index (χ1v) is 7.54. The van der Waals surface area contributed by atoms with E-state index in [1.807, 2.05) is 24.3 Å². The van der Waals surface area contributed by atoms with E-state index in [0.29, 0.717) is 15.6 Å². The van der Waals surface area contributed by atoms with Gasteiger partial charge in [0.05, 0.1) is 0 Å². The fraction of sp³-hybridized carbons (Fsp3) is 0.0667. The van der Waals surface area contributed by atoms with Crippen LogP contribution in [0.3, 0.4) is 0 Å². The van der Waals surface area contributed by atoms with E-state index in [-0.39, 0.29) is 6.61 Å². The normalized spacial score (nSPS) is 10.4. The summed E-state index contributed by atoms with van der Waals surface area (Å²) in [7, 11) is 0. The minimum atomic E-state index is -0.478. The van der Waals surface area contributed by atoms with Crippen molar-refractivity contribution in [3.63, 3.8) is 0 Å².